The lowest BCUT2D eigenvalue weighted by atomic mass is 9.76. The lowest BCUT2D eigenvalue weighted by Gasteiger charge is -2.35. The third kappa shape index (κ3) is 2.94. The minimum absolute atomic E-state index is 0.0231. The summed E-state index contributed by atoms with van der Waals surface area (Å²) in [4.78, 5) is 16.0. The molecule has 1 fully saturated rings. The van der Waals surface area contributed by atoms with Gasteiger partial charge >= 0.3 is 5.97 Å². The second-order valence-corrected chi connectivity index (χ2v) is 5.04. The first kappa shape index (κ1) is 14.0. The smallest absolute Gasteiger partial charge is 0.378 e. The average Bonchev–Trinajstić information content (AvgIpc) is 2.91. The Morgan fingerprint density at radius 1 is 1.47 bits per heavy atom. The molecule has 0 aromatic carbocycles. The standard InChI is InChI=1S/C13H22N4O2/c1-3-6-13(7-5-8-14-9-13)12-15-10(16-17-12)11(18)19-4-2/h14H,3-9H2,1-2H3,(H,15,16,17). The molecule has 0 spiro atoms. The highest BCUT2D eigenvalue weighted by molar-refractivity contribution is 5.84. The number of nitrogens with zero attached hydrogens (tertiary/aromatic N) is 2. The maximum absolute atomic E-state index is 11.6. The summed E-state index contributed by atoms with van der Waals surface area (Å²) < 4.78 is 4.92. The van der Waals surface area contributed by atoms with Crippen LogP contribution in [0.25, 0.3) is 0 Å². The first-order chi connectivity index (χ1) is 9.22. The van der Waals surface area contributed by atoms with E-state index in [-0.39, 0.29) is 11.2 Å². The fourth-order valence-electron chi connectivity index (χ4n) is 2.77. The lowest BCUT2D eigenvalue weighted by Crippen LogP contribution is -2.44. The van der Waals surface area contributed by atoms with E-state index in [2.05, 4.69) is 27.4 Å². The van der Waals surface area contributed by atoms with Crippen molar-refractivity contribution in [3.8, 4) is 0 Å². The molecule has 2 N–H and O–H groups in total. The normalized spacial score (nSPS) is 23.3. The van der Waals surface area contributed by atoms with Gasteiger partial charge in [-0.15, -0.1) is 5.10 Å². The molecule has 1 aromatic rings. The van der Waals surface area contributed by atoms with Gasteiger partial charge in [0.2, 0.25) is 0 Å². The molecule has 1 saturated heterocycles. The molecule has 1 unspecified atom stereocenters. The highest BCUT2D eigenvalue weighted by Gasteiger charge is 2.36. The summed E-state index contributed by atoms with van der Waals surface area (Å²) in [6.45, 7) is 6.21. The number of aromatic amines is 1. The van der Waals surface area contributed by atoms with Crippen molar-refractivity contribution < 1.29 is 9.53 Å². The van der Waals surface area contributed by atoms with Crippen LogP contribution in [0.2, 0.25) is 0 Å². The number of carbonyl (C=O) groups excluding carboxylic acids is 1. The van der Waals surface area contributed by atoms with Crippen molar-refractivity contribution in [1.82, 2.24) is 20.5 Å². The molecule has 1 aliphatic rings. The van der Waals surface area contributed by atoms with Crippen LogP contribution in [0.5, 0.6) is 0 Å². The summed E-state index contributed by atoms with van der Waals surface area (Å²) in [7, 11) is 0. The summed E-state index contributed by atoms with van der Waals surface area (Å²) in [6.07, 6.45) is 4.31. The Balaban J connectivity index is 2.20. The Hall–Kier alpha value is -1.43. The van der Waals surface area contributed by atoms with Gasteiger partial charge in [-0.25, -0.2) is 9.78 Å². The Morgan fingerprint density at radius 2 is 2.32 bits per heavy atom. The predicted molar refractivity (Wildman–Crippen MR) is 71.0 cm³/mol. The monoisotopic (exact) mass is 266 g/mol. The summed E-state index contributed by atoms with van der Waals surface area (Å²) in [5.74, 6) is 0.489. The van der Waals surface area contributed by atoms with E-state index in [0.717, 1.165) is 44.6 Å². The van der Waals surface area contributed by atoms with Gasteiger partial charge in [0.1, 0.15) is 5.82 Å². The second kappa shape index (κ2) is 6.14. The van der Waals surface area contributed by atoms with Crippen LogP contribution < -0.4 is 5.32 Å². The molecule has 1 aromatic heterocycles. The van der Waals surface area contributed by atoms with Crippen LogP contribution in [-0.2, 0) is 10.2 Å². The van der Waals surface area contributed by atoms with E-state index < -0.39 is 5.97 Å². The SMILES string of the molecule is CCCC1(c2nc(C(=O)OCC)n[nH]2)CCCNC1. The van der Waals surface area contributed by atoms with Gasteiger partial charge in [-0.3, -0.25) is 5.10 Å². The number of H-pyrrole nitrogens is 1. The highest BCUT2D eigenvalue weighted by Crippen LogP contribution is 2.33. The summed E-state index contributed by atoms with van der Waals surface area (Å²) >= 11 is 0. The van der Waals surface area contributed by atoms with Gasteiger partial charge in [-0.05, 0) is 32.7 Å². The molecule has 19 heavy (non-hydrogen) atoms. The van der Waals surface area contributed by atoms with Crippen LogP contribution in [0.1, 0.15) is 56.0 Å². The van der Waals surface area contributed by atoms with Crippen LogP contribution in [0, 0.1) is 0 Å². The minimum Gasteiger partial charge on any atom is -0.460 e. The van der Waals surface area contributed by atoms with Crippen molar-refractivity contribution in [1.29, 1.82) is 0 Å². The molecule has 0 saturated carbocycles. The van der Waals surface area contributed by atoms with Crippen LogP contribution in [0.4, 0.5) is 0 Å². The van der Waals surface area contributed by atoms with Crippen molar-refractivity contribution in [3.63, 3.8) is 0 Å². The molecule has 0 bridgehead atoms. The van der Waals surface area contributed by atoms with E-state index >= 15 is 0 Å². The molecule has 6 heteroatoms. The number of nitrogens with one attached hydrogen (secondary N) is 2. The van der Waals surface area contributed by atoms with Crippen LogP contribution in [0.3, 0.4) is 0 Å². The molecule has 0 aliphatic carbocycles. The third-order valence-electron chi connectivity index (χ3n) is 3.65. The number of esters is 1. The van der Waals surface area contributed by atoms with Crippen LogP contribution in [0.15, 0.2) is 0 Å². The molecule has 106 valence electrons. The van der Waals surface area contributed by atoms with E-state index in [9.17, 15) is 4.79 Å². The summed E-state index contributed by atoms with van der Waals surface area (Å²) in [6, 6.07) is 0. The van der Waals surface area contributed by atoms with E-state index in [1.54, 1.807) is 6.92 Å². The fourth-order valence-corrected chi connectivity index (χ4v) is 2.77. The lowest BCUT2D eigenvalue weighted by molar-refractivity contribution is 0.0512. The molecule has 1 aliphatic heterocycles. The first-order valence-electron chi connectivity index (χ1n) is 7.02. The second-order valence-electron chi connectivity index (χ2n) is 5.04. The van der Waals surface area contributed by atoms with Crippen molar-refractivity contribution >= 4 is 5.97 Å². The molecular formula is C13H22N4O2. The van der Waals surface area contributed by atoms with Crippen LogP contribution >= 0.6 is 0 Å². The van der Waals surface area contributed by atoms with Gasteiger partial charge in [0.25, 0.3) is 5.82 Å². The summed E-state index contributed by atoms with van der Waals surface area (Å²) in [5, 5.41) is 10.4. The van der Waals surface area contributed by atoms with Gasteiger partial charge in [0, 0.05) is 12.0 Å². The number of rotatable bonds is 5. The van der Waals surface area contributed by atoms with Gasteiger partial charge < -0.3 is 10.1 Å². The maximum Gasteiger partial charge on any atom is 0.378 e. The Morgan fingerprint density at radius 3 is 2.95 bits per heavy atom. The molecule has 2 heterocycles. The topological polar surface area (TPSA) is 79.9 Å². The molecular weight excluding hydrogens is 244 g/mol. The van der Waals surface area contributed by atoms with Crippen molar-refractivity contribution in [3.05, 3.63) is 11.6 Å². The van der Waals surface area contributed by atoms with E-state index in [1.807, 2.05) is 0 Å². The number of hydrogen-bond acceptors (Lipinski definition) is 5. The maximum atomic E-state index is 11.6. The zero-order chi connectivity index (χ0) is 13.7. The van der Waals surface area contributed by atoms with Crippen LogP contribution in [-0.4, -0.2) is 40.8 Å². The zero-order valence-electron chi connectivity index (χ0n) is 11.7. The van der Waals surface area contributed by atoms with E-state index in [0.29, 0.717) is 6.61 Å². The number of aromatic nitrogens is 3. The molecule has 1 atom stereocenters. The predicted octanol–water partition coefficient (Wildman–Crippen LogP) is 1.40. The number of ether oxygens (including phenoxy) is 1. The molecule has 6 nitrogen and oxygen atoms in total. The van der Waals surface area contributed by atoms with Gasteiger partial charge in [-0.2, -0.15) is 0 Å². The Labute approximate surface area is 113 Å². The third-order valence-corrected chi connectivity index (χ3v) is 3.65. The van der Waals surface area contributed by atoms with E-state index in [4.69, 9.17) is 4.74 Å². The quantitative estimate of drug-likeness (QED) is 0.787. The van der Waals surface area contributed by atoms with Crippen molar-refractivity contribution in [2.45, 2.75) is 44.9 Å². The van der Waals surface area contributed by atoms with Crippen molar-refractivity contribution in [2.24, 2.45) is 0 Å². The molecule has 2 rings (SSSR count). The van der Waals surface area contributed by atoms with E-state index in [1.165, 1.54) is 0 Å². The average molecular weight is 266 g/mol. The largest absolute Gasteiger partial charge is 0.460 e. The zero-order valence-corrected chi connectivity index (χ0v) is 11.7. The number of carbonyl (C=O) groups is 1. The van der Waals surface area contributed by atoms with Gasteiger partial charge in [0.15, 0.2) is 0 Å². The molecule has 0 amide bonds. The summed E-state index contributed by atoms with van der Waals surface area (Å²) in [5.41, 5.74) is -0.0231. The van der Waals surface area contributed by atoms with Crippen molar-refractivity contribution in [2.75, 3.05) is 19.7 Å². The Kier molecular flexibility index (Phi) is 4.52. The number of hydrogen-bond donors (Lipinski definition) is 2. The van der Waals surface area contributed by atoms with Gasteiger partial charge in [-0.1, -0.05) is 13.3 Å². The Bertz CT molecular complexity index is 419. The number of piperidine rings is 1. The minimum atomic E-state index is -0.458. The highest BCUT2D eigenvalue weighted by atomic mass is 16.5. The first-order valence-corrected chi connectivity index (χ1v) is 7.02. The van der Waals surface area contributed by atoms with Gasteiger partial charge in [0.05, 0.1) is 6.61 Å². The molecule has 0 radical (unpaired) electrons. The fraction of sp³-hybridized carbons (Fsp3) is 0.769.